The lowest BCUT2D eigenvalue weighted by molar-refractivity contribution is 0.159. The molecule has 1 aliphatic heterocycles. The first kappa shape index (κ1) is 24.6. The minimum atomic E-state index is -0.906. The molecule has 1 saturated heterocycles. The standard InChI is InChI=1S/C25H29F2N5O3/c1-3-35-24-14-23(32(30-24)18-7-5-4-6-8-18)29-25(33)28-22-16-31(11-12-34-2)15-19(22)17-9-10-20(26)21(27)13-17/h4-10,13-14,19,22H,3,11-12,15-16H2,1-2H3,(H2,28,29,33)/t19-,22+/m0/s1. The number of hydrogen-bond donors (Lipinski definition) is 2. The first-order valence-corrected chi connectivity index (χ1v) is 11.5. The van der Waals surface area contributed by atoms with Crippen LogP contribution in [0.3, 0.4) is 0 Å². The highest BCUT2D eigenvalue weighted by molar-refractivity contribution is 5.89. The van der Waals surface area contributed by atoms with E-state index in [2.05, 4.69) is 20.6 Å². The molecule has 0 radical (unpaired) electrons. The van der Waals surface area contributed by atoms with E-state index in [1.807, 2.05) is 37.3 Å². The summed E-state index contributed by atoms with van der Waals surface area (Å²) in [5, 5.41) is 10.3. The van der Waals surface area contributed by atoms with Crippen LogP contribution in [0.2, 0.25) is 0 Å². The van der Waals surface area contributed by atoms with Gasteiger partial charge in [0, 0.05) is 38.7 Å². The summed E-state index contributed by atoms with van der Waals surface area (Å²) in [4.78, 5) is 15.2. The Balaban J connectivity index is 1.53. The van der Waals surface area contributed by atoms with Gasteiger partial charge in [-0.15, -0.1) is 5.10 Å². The summed E-state index contributed by atoms with van der Waals surface area (Å²) in [6, 6.07) is 14.2. The third-order valence-electron chi connectivity index (χ3n) is 5.92. The number of anilines is 1. The van der Waals surface area contributed by atoms with Gasteiger partial charge in [0.25, 0.3) is 0 Å². The number of nitrogens with one attached hydrogen (secondary N) is 2. The highest BCUT2D eigenvalue weighted by Gasteiger charge is 2.35. The molecule has 8 nitrogen and oxygen atoms in total. The van der Waals surface area contributed by atoms with Gasteiger partial charge in [-0.25, -0.2) is 18.3 Å². The van der Waals surface area contributed by atoms with Gasteiger partial charge in [-0.05, 0) is 36.8 Å². The second-order valence-corrected chi connectivity index (χ2v) is 8.29. The quantitative estimate of drug-likeness (QED) is 0.482. The number of halogens is 2. The summed E-state index contributed by atoms with van der Waals surface area (Å²) < 4.78 is 39.8. The van der Waals surface area contributed by atoms with Crippen LogP contribution in [0.25, 0.3) is 5.69 Å². The molecular formula is C25H29F2N5O3. The number of methoxy groups -OCH3 is 1. The van der Waals surface area contributed by atoms with Crippen LogP contribution in [-0.4, -0.2) is 66.7 Å². The lowest BCUT2D eigenvalue weighted by Gasteiger charge is -2.21. The van der Waals surface area contributed by atoms with E-state index in [0.29, 0.717) is 50.1 Å². The average Bonchev–Trinajstić information content (AvgIpc) is 3.44. The monoisotopic (exact) mass is 485 g/mol. The van der Waals surface area contributed by atoms with E-state index in [1.54, 1.807) is 23.9 Å². The number of ether oxygens (including phenoxy) is 2. The van der Waals surface area contributed by atoms with Crippen LogP contribution in [-0.2, 0) is 4.74 Å². The van der Waals surface area contributed by atoms with Crippen molar-refractivity contribution in [3.8, 4) is 11.6 Å². The Labute approximate surface area is 202 Å². The van der Waals surface area contributed by atoms with Crippen molar-refractivity contribution in [2.75, 3.05) is 45.3 Å². The molecule has 1 aliphatic rings. The third-order valence-corrected chi connectivity index (χ3v) is 5.92. The Morgan fingerprint density at radius 1 is 1.11 bits per heavy atom. The maximum atomic E-state index is 14.0. The molecule has 1 aromatic heterocycles. The van der Waals surface area contributed by atoms with Crippen LogP contribution in [0.1, 0.15) is 18.4 Å². The lowest BCUT2D eigenvalue weighted by atomic mass is 9.94. The van der Waals surface area contributed by atoms with E-state index >= 15 is 0 Å². The summed E-state index contributed by atoms with van der Waals surface area (Å²) in [7, 11) is 1.62. The zero-order valence-corrected chi connectivity index (χ0v) is 19.7. The van der Waals surface area contributed by atoms with Gasteiger partial charge < -0.3 is 14.8 Å². The van der Waals surface area contributed by atoms with Crippen molar-refractivity contribution in [1.29, 1.82) is 0 Å². The predicted molar refractivity (Wildman–Crippen MR) is 128 cm³/mol. The van der Waals surface area contributed by atoms with Gasteiger partial charge in [-0.2, -0.15) is 0 Å². The fourth-order valence-electron chi connectivity index (χ4n) is 4.27. The molecule has 2 heterocycles. The van der Waals surface area contributed by atoms with E-state index < -0.39 is 17.7 Å². The van der Waals surface area contributed by atoms with Gasteiger partial charge in [0.05, 0.1) is 24.9 Å². The zero-order valence-electron chi connectivity index (χ0n) is 19.7. The number of likely N-dealkylation sites (tertiary alicyclic amines) is 1. The van der Waals surface area contributed by atoms with E-state index in [4.69, 9.17) is 9.47 Å². The van der Waals surface area contributed by atoms with E-state index in [9.17, 15) is 13.6 Å². The van der Waals surface area contributed by atoms with Gasteiger partial charge in [-0.1, -0.05) is 24.3 Å². The topological polar surface area (TPSA) is 80.6 Å². The highest BCUT2D eigenvalue weighted by atomic mass is 19.2. The number of hydrogen-bond acceptors (Lipinski definition) is 5. The number of aromatic nitrogens is 2. The van der Waals surface area contributed by atoms with Crippen molar-refractivity contribution in [2.24, 2.45) is 0 Å². The summed E-state index contributed by atoms with van der Waals surface area (Å²) >= 11 is 0. The van der Waals surface area contributed by atoms with Gasteiger partial charge in [0.2, 0.25) is 5.88 Å². The molecule has 2 aromatic carbocycles. The minimum Gasteiger partial charge on any atom is -0.477 e. The molecule has 0 bridgehead atoms. The number of urea groups is 1. The molecule has 0 unspecified atom stereocenters. The number of carbonyl (C=O) groups is 1. The second-order valence-electron chi connectivity index (χ2n) is 8.29. The normalized spacial score (nSPS) is 17.9. The summed E-state index contributed by atoms with van der Waals surface area (Å²) in [5.41, 5.74) is 1.39. The number of para-hydroxylation sites is 1. The van der Waals surface area contributed by atoms with Gasteiger partial charge in [0.1, 0.15) is 5.82 Å². The molecule has 1 fully saturated rings. The maximum absolute atomic E-state index is 14.0. The fourth-order valence-corrected chi connectivity index (χ4v) is 4.27. The molecule has 2 amide bonds. The van der Waals surface area contributed by atoms with Crippen LogP contribution in [0.4, 0.5) is 19.4 Å². The molecule has 4 rings (SSSR count). The predicted octanol–water partition coefficient (Wildman–Crippen LogP) is 3.79. The summed E-state index contributed by atoms with van der Waals surface area (Å²) in [6.07, 6.45) is 0. The Bertz CT molecular complexity index is 1140. The first-order valence-electron chi connectivity index (χ1n) is 11.5. The first-order chi connectivity index (χ1) is 17.0. The van der Waals surface area contributed by atoms with E-state index in [0.717, 1.165) is 11.8 Å². The molecule has 35 heavy (non-hydrogen) atoms. The van der Waals surface area contributed by atoms with Gasteiger partial charge in [0.15, 0.2) is 11.6 Å². The van der Waals surface area contributed by atoms with Crippen molar-refractivity contribution in [2.45, 2.75) is 18.9 Å². The molecule has 0 spiro atoms. The summed E-state index contributed by atoms with van der Waals surface area (Å²) in [5.74, 6) is -1.19. The van der Waals surface area contributed by atoms with Crippen LogP contribution in [0, 0.1) is 11.6 Å². The average molecular weight is 486 g/mol. The molecule has 0 saturated carbocycles. The Morgan fingerprint density at radius 3 is 2.63 bits per heavy atom. The number of benzene rings is 2. The Kier molecular flexibility index (Phi) is 7.94. The number of nitrogens with zero attached hydrogens (tertiary/aromatic N) is 3. The maximum Gasteiger partial charge on any atom is 0.320 e. The molecule has 2 atom stereocenters. The van der Waals surface area contributed by atoms with Gasteiger partial charge >= 0.3 is 6.03 Å². The highest BCUT2D eigenvalue weighted by Crippen LogP contribution is 2.29. The minimum absolute atomic E-state index is 0.217. The Morgan fingerprint density at radius 2 is 1.91 bits per heavy atom. The molecule has 3 aromatic rings. The Hall–Kier alpha value is -3.50. The summed E-state index contributed by atoms with van der Waals surface area (Å²) in [6.45, 7) is 4.61. The SMILES string of the molecule is CCOc1cc(NC(=O)N[C@@H]2CN(CCOC)C[C@H]2c2ccc(F)c(F)c2)n(-c2ccccc2)n1. The second kappa shape index (κ2) is 11.3. The van der Waals surface area contributed by atoms with Crippen LogP contribution < -0.4 is 15.4 Å². The van der Waals surface area contributed by atoms with Gasteiger partial charge in [-0.3, -0.25) is 10.2 Å². The number of rotatable bonds is 9. The number of carbonyl (C=O) groups excluding carboxylic acids is 1. The van der Waals surface area contributed by atoms with E-state index in [-0.39, 0.29) is 12.0 Å². The molecule has 10 heteroatoms. The van der Waals surface area contributed by atoms with Crippen molar-refractivity contribution in [1.82, 2.24) is 20.0 Å². The smallest absolute Gasteiger partial charge is 0.320 e. The van der Waals surface area contributed by atoms with Crippen molar-refractivity contribution in [3.63, 3.8) is 0 Å². The van der Waals surface area contributed by atoms with Crippen LogP contribution >= 0.6 is 0 Å². The molecule has 2 N–H and O–H groups in total. The fraction of sp³-hybridized carbons (Fsp3) is 0.360. The molecular weight excluding hydrogens is 456 g/mol. The number of amides is 2. The van der Waals surface area contributed by atoms with E-state index in [1.165, 1.54) is 6.07 Å². The van der Waals surface area contributed by atoms with Crippen LogP contribution in [0.5, 0.6) is 5.88 Å². The van der Waals surface area contributed by atoms with Crippen LogP contribution in [0.15, 0.2) is 54.6 Å². The molecule has 186 valence electrons. The largest absolute Gasteiger partial charge is 0.477 e. The lowest BCUT2D eigenvalue weighted by Crippen LogP contribution is -2.42. The van der Waals surface area contributed by atoms with Crippen molar-refractivity contribution < 1.29 is 23.0 Å². The third kappa shape index (κ3) is 5.95. The molecule has 0 aliphatic carbocycles. The van der Waals surface area contributed by atoms with Crippen molar-refractivity contribution in [3.05, 3.63) is 71.8 Å². The zero-order chi connectivity index (χ0) is 24.8. The van der Waals surface area contributed by atoms with Crippen molar-refractivity contribution >= 4 is 11.8 Å².